The van der Waals surface area contributed by atoms with Crippen molar-refractivity contribution in [1.29, 1.82) is 0 Å². The normalized spacial score (nSPS) is 12.7. The molecule has 2 aromatic rings. The number of carbonyl (C=O) groups excluding carboxylic acids is 1. The van der Waals surface area contributed by atoms with Crippen LogP contribution in [-0.2, 0) is 21.4 Å². The zero-order valence-corrected chi connectivity index (χ0v) is 15.1. The number of amides is 1. The molecule has 8 nitrogen and oxygen atoms in total. The van der Waals surface area contributed by atoms with Gasteiger partial charge in [0.05, 0.1) is 17.7 Å². The molecule has 0 bridgehead atoms. The molecule has 0 saturated heterocycles. The van der Waals surface area contributed by atoms with Crippen molar-refractivity contribution in [2.75, 3.05) is 0 Å². The summed E-state index contributed by atoms with van der Waals surface area (Å²) < 4.78 is 31.9. The molecule has 0 spiro atoms. The fraction of sp³-hybridized carbons (Fsp3) is 0.294. The SMILES string of the molecule is CC(C)[C@@H](NC(=O)c1ccc(S(=O)(=O)NCc2ccco2)cc1)C(=O)O. The number of carboxylic acid groups (broad SMARTS) is 1. The molecule has 26 heavy (non-hydrogen) atoms. The summed E-state index contributed by atoms with van der Waals surface area (Å²) in [7, 11) is -3.76. The van der Waals surface area contributed by atoms with Gasteiger partial charge in [-0.05, 0) is 42.3 Å². The van der Waals surface area contributed by atoms with E-state index in [1.54, 1.807) is 26.0 Å². The fourth-order valence-corrected chi connectivity index (χ4v) is 3.18. The van der Waals surface area contributed by atoms with Gasteiger partial charge in [-0.1, -0.05) is 13.8 Å². The van der Waals surface area contributed by atoms with Gasteiger partial charge in [-0.2, -0.15) is 0 Å². The van der Waals surface area contributed by atoms with Crippen LogP contribution < -0.4 is 10.0 Å². The van der Waals surface area contributed by atoms with E-state index in [-0.39, 0.29) is 22.9 Å². The van der Waals surface area contributed by atoms with E-state index in [9.17, 15) is 18.0 Å². The van der Waals surface area contributed by atoms with E-state index in [4.69, 9.17) is 9.52 Å². The van der Waals surface area contributed by atoms with Gasteiger partial charge < -0.3 is 14.8 Å². The largest absolute Gasteiger partial charge is 0.480 e. The topological polar surface area (TPSA) is 126 Å². The summed E-state index contributed by atoms with van der Waals surface area (Å²) in [4.78, 5) is 23.3. The zero-order chi connectivity index (χ0) is 19.3. The molecular formula is C17H20N2O6S. The van der Waals surface area contributed by atoms with Crippen LogP contribution in [-0.4, -0.2) is 31.4 Å². The number of hydrogen-bond acceptors (Lipinski definition) is 5. The van der Waals surface area contributed by atoms with Crippen LogP contribution in [0.3, 0.4) is 0 Å². The highest BCUT2D eigenvalue weighted by atomic mass is 32.2. The maximum absolute atomic E-state index is 12.2. The Morgan fingerprint density at radius 1 is 1.15 bits per heavy atom. The van der Waals surface area contributed by atoms with Crippen LogP contribution in [0.2, 0.25) is 0 Å². The third-order valence-corrected chi connectivity index (χ3v) is 5.08. The molecule has 1 aromatic heterocycles. The van der Waals surface area contributed by atoms with Crippen LogP contribution in [0, 0.1) is 5.92 Å². The first-order valence-electron chi connectivity index (χ1n) is 7.86. The molecule has 140 valence electrons. The highest BCUT2D eigenvalue weighted by Gasteiger charge is 2.24. The lowest BCUT2D eigenvalue weighted by atomic mass is 10.0. The summed E-state index contributed by atoms with van der Waals surface area (Å²) in [5, 5.41) is 11.5. The number of furan rings is 1. The highest BCUT2D eigenvalue weighted by Crippen LogP contribution is 2.12. The van der Waals surface area contributed by atoms with Crippen molar-refractivity contribution in [1.82, 2.24) is 10.0 Å². The number of carboxylic acids is 1. The van der Waals surface area contributed by atoms with E-state index in [1.807, 2.05) is 0 Å². The third kappa shape index (κ3) is 4.93. The van der Waals surface area contributed by atoms with Gasteiger partial charge in [0.15, 0.2) is 0 Å². The Balaban J connectivity index is 2.06. The Morgan fingerprint density at radius 2 is 1.81 bits per heavy atom. The first-order valence-corrected chi connectivity index (χ1v) is 9.35. The number of sulfonamides is 1. The van der Waals surface area contributed by atoms with E-state index in [1.165, 1.54) is 30.5 Å². The molecule has 1 heterocycles. The molecule has 0 aliphatic carbocycles. The maximum atomic E-state index is 12.2. The van der Waals surface area contributed by atoms with Gasteiger partial charge in [0, 0.05) is 5.56 Å². The van der Waals surface area contributed by atoms with Crippen LogP contribution in [0.25, 0.3) is 0 Å². The second kappa shape index (κ2) is 8.15. The van der Waals surface area contributed by atoms with E-state index < -0.39 is 27.9 Å². The van der Waals surface area contributed by atoms with Gasteiger partial charge in [-0.15, -0.1) is 0 Å². The summed E-state index contributed by atoms with van der Waals surface area (Å²) in [5.41, 5.74) is 0.168. The Hall–Kier alpha value is -2.65. The number of carbonyl (C=O) groups is 2. The lowest BCUT2D eigenvalue weighted by Gasteiger charge is -2.17. The first-order chi connectivity index (χ1) is 12.2. The minimum absolute atomic E-state index is 0.00620. The zero-order valence-electron chi connectivity index (χ0n) is 14.3. The third-order valence-electron chi connectivity index (χ3n) is 3.66. The number of benzene rings is 1. The molecule has 9 heteroatoms. The van der Waals surface area contributed by atoms with Crippen molar-refractivity contribution < 1.29 is 27.5 Å². The molecule has 1 amide bonds. The predicted molar refractivity (Wildman–Crippen MR) is 92.9 cm³/mol. The van der Waals surface area contributed by atoms with Gasteiger partial charge >= 0.3 is 5.97 Å². The average molecular weight is 380 g/mol. The number of hydrogen-bond donors (Lipinski definition) is 3. The Labute approximate surface area is 151 Å². The summed E-state index contributed by atoms with van der Waals surface area (Å²) in [5.74, 6) is -1.53. The molecular weight excluding hydrogens is 360 g/mol. The van der Waals surface area contributed by atoms with Crippen molar-refractivity contribution in [3.63, 3.8) is 0 Å². The van der Waals surface area contributed by atoms with Gasteiger partial charge in [-0.25, -0.2) is 17.9 Å². The predicted octanol–water partition coefficient (Wildman–Crippen LogP) is 1.60. The van der Waals surface area contributed by atoms with Crippen LogP contribution in [0.4, 0.5) is 0 Å². The lowest BCUT2D eigenvalue weighted by molar-refractivity contribution is -0.140. The standard InChI is InChI=1S/C17H20N2O6S/c1-11(2)15(17(21)22)19-16(20)12-5-7-14(8-6-12)26(23,24)18-10-13-4-3-9-25-13/h3-9,11,15,18H,10H2,1-2H3,(H,19,20)(H,21,22)/t15-/m1/s1. The summed E-state index contributed by atoms with van der Waals surface area (Å²) in [6.45, 7) is 3.37. The second-order valence-electron chi connectivity index (χ2n) is 5.96. The Kier molecular flexibility index (Phi) is 6.17. The molecule has 0 aliphatic heterocycles. The van der Waals surface area contributed by atoms with Crippen molar-refractivity contribution in [2.24, 2.45) is 5.92 Å². The fourth-order valence-electron chi connectivity index (χ4n) is 2.19. The quantitative estimate of drug-likeness (QED) is 0.639. The molecule has 1 atom stereocenters. The molecule has 3 N–H and O–H groups in total. The van der Waals surface area contributed by atoms with Crippen LogP contribution in [0.15, 0.2) is 52.0 Å². The van der Waals surface area contributed by atoms with Crippen molar-refractivity contribution in [3.8, 4) is 0 Å². The van der Waals surface area contributed by atoms with Crippen molar-refractivity contribution >= 4 is 21.9 Å². The molecule has 2 rings (SSSR count). The number of rotatable bonds is 8. The Bertz CT molecular complexity index is 857. The van der Waals surface area contributed by atoms with Crippen molar-refractivity contribution in [2.45, 2.75) is 31.3 Å². The summed E-state index contributed by atoms with van der Waals surface area (Å²) in [6.07, 6.45) is 1.44. The number of nitrogens with one attached hydrogen (secondary N) is 2. The van der Waals surface area contributed by atoms with Gasteiger partial charge in [0.25, 0.3) is 5.91 Å². The lowest BCUT2D eigenvalue weighted by Crippen LogP contribution is -2.44. The van der Waals surface area contributed by atoms with Crippen molar-refractivity contribution in [3.05, 3.63) is 54.0 Å². The molecule has 1 aromatic carbocycles. The smallest absolute Gasteiger partial charge is 0.326 e. The van der Waals surface area contributed by atoms with Gasteiger partial charge in [0.1, 0.15) is 11.8 Å². The second-order valence-corrected chi connectivity index (χ2v) is 7.73. The molecule has 0 saturated carbocycles. The van der Waals surface area contributed by atoms with Gasteiger partial charge in [0.2, 0.25) is 10.0 Å². The molecule has 0 unspecified atom stereocenters. The molecule has 0 fully saturated rings. The Morgan fingerprint density at radius 3 is 2.31 bits per heavy atom. The van der Waals surface area contributed by atoms with E-state index >= 15 is 0 Å². The minimum Gasteiger partial charge on any atom is -0.480 e. The first kappa shape index (κ1) is 19.7. The van der Waals surface area contributed by atoms with E-state index in [0.29, 0.717) is 5.76 Å². The number of aliphatic carboxylic acids is 1. The summed E-state index contributed by atoms with van der Waals surface area (Å²) >= 11 is 0. The van der Waals surface area contributed by atoms with E-state index in [2.05, 4.69) is 10.0 Å². The molecule has 0 radical (unpaired) electrons. The van der Waals surface area contributed by atoms with Crippen LogP contribution >= 0.6 is 0 Å². The average Bonchev–Trinajstić information content (AvgIpc) is 3.11. The molecule has 0 aliphatic rings. The van der Waals surface area contributed by atoms with Crippen LogP contribution in [0.1, 0.15) is 30.0 Å². The van der Waals surface area contributed by atoms with Crippen LogP contribution in [0.5, 0.6) is 0 Å². The highest BCUT2D eigenvalue weighted by molar-refractivity contribution is 7.89. The van der Waals surface area contributed by atoms with E-state index in [0.717, 1.165) is 0 Å². The van der Waals surface area contributed by atoms with Gasteiger partial charge in [-0.3, -0.25) is 4.79 Å². The summed E-state index contributed by atoms with van der Waals surface area (Å²) in [6, 6.07) is 7.49. The minimum atomic E-state index is -3.76. The monoisotopic (exact) mass is 380 g/mol. The maximum Gasteiger partial charge on any atom is 0.326 e.